The number of hydrogen-bond donors (Lipinski definition) is 2. The van der Waals surface area contributed by atoms with Gasteiger partial charge in [-0.1, -0.05) is 12.2 Å². The number of nitrogens with one attached hydrogen (secondary N) is 1. The van der Waals surface area contributed by atoms with Gasteiger partial charge in [0.15, 0.2) is 0 Å². The van der Waals surface area contributed by atoms with Crippen molar-refractivity contribution in [1.29, 1.82) is 0 Å². The molecule has 1 aliphatic rings. The van der Waals surface area contributed by atoms with E-state index in [9.17, 15) is 4.79 Å². The van der Waals surface area contributed by atoms with Gasteiger partial charge in [0.25, 0.3) is 0 Å². The highest BCUT2D eigenvalue weighted by molar-refractivity contribution is 8.22. The molecule has 0 fully saturated rings. The van der Waals surface area contributed by atoms with Crippen molar-refractivity contribution in [3.8, 4) is 0 Å². The third-order valence-corrected chi connectivity index (χ3v) is 3.03. The van der Waals surface area contributed by atoms with Gasteiger partial charge in [-0.15, -0.1) is 0 Å². The molecule has 1 N–H and O–H groups in total. The monoisotopic (exact) mass is 157 g/mol. The Hall–Kier alpha value is -0.700. The Kier molecular flexibility index (Phi) is 2.57. The van der Waals surface area contributed by atoms with Crippen molar-refractivity contribution in [3.63, 3.8) is 0 Å². The quantitative estimate of drug-likeness (QED) is 0.570. The molecule has 0 unspecified atom stereocenters. The summed E-state index contributed by atoms with van der Waals surface area (Å²) in [5, 5.41) is 6.78. The lowest BCUT2D eigenvalue weighted by Crippen LogP contribution is -2.20. The minimum absolute atomic E-state index is 0.127. The predicted molar refractivity (Wildman–Crippen MR) is 46.2 cm³/mol. The second kappa shape index (κ2) is 3.46. The normalized spacial score (nSPS) is 17.9. The van der Waals surface area contributed by atoms with Crippen LogP contribution in [0.1, 0.15) is 0 Å². The van der Waals surface area contributed by atoms with Gasteiger partial charge < -0.3 is 5.32 Å². The van der Waals surface area contributed by atoms with Crippen molar-refractivity contribution in [1.82, 2.24) is 5.32 Å². The maximum absolute atomic E-state index is 10.8. The molecule has 1 rings (SSSR count). The van der Waals surface area contributed by atoms with Crippen LogP contribution in [0, 0.1) is 0 Å². The Morgan fingerprint density at radius 3 is 2.60 bits per heavy atom. The van der Waals surface area contributed by atoms with Crippen molar-refractivity contribution in [3.05, 3.63) is 23.0 Å². The number of carbonyl (C=O) groups is 1. The number of rotatable bonds is 2. The maximum Gasteiger partial charge on any atom is 0.228 e. The summed E-state index contributed by atoms with van der Waals surface area (Å²) in [4.78, 5) is 10.8. The third-order valence-electron chi connectivity index (χ3n) is 1.27. The SMILES string of the molecule is CNC(=O)C[SH]1C=CC=C1. The lowest BCUT2D eigenvalue weighted by molar-refractivity contribution is -0.118. The molecular weight excluding hydrogens is 146 g/mol. The number of allylic oxidation sites excluding steroid dienone is 2. The molecule has 0 aromatic heterocycles. The topological polar surface area (TPSA) is 29.1 Å². The molecule has 0 radical (unpaired) electrons. The van der Waals surface area contributed by atoms with Crippen LogP contribution in [0.4, 0.5) is 0 Å². The summed E-state index contributed by atoms with van der Waals surface area (Å²) in [5.41, 5.74) is 0. The van der Waals surface area contributed by atoms with Crippen molar-refractivity contribution in [2.75, 3.05) is 12.8 Å². The minimum Gasteiger partial charge on any atom is -0.358 e. The number of hydrogen-bond acceptors (Lipinski definition) is 1. The molecule has 1 amide bonds. The Morgan fingerprint density at radius 2 is 2.10 bits per heavy atom. The van der Waals surface area contributed by atoms with Gasteiger partial charge >= 0.3 is 0 Å². The second-order valence-corrected chi connectivity index (χ2v) is 3.97. The van der Waals surface area contributed by atoms with Crippen molar-refractivity contribution in [2.24, 2.45) is 0 Å². The van der Waals surface area contributed by atoms with E-state index in [1.54, 1.807) is 7.05 Å². The first-order valence-corrected chi connectivity index (χ1v) is 4.81. The van der Waals surface area contributed by atoms with Gasteiger partial charge in [-0.3, -0.25) is 4.79 Å². The molecule has 1 aliphatic heterocycles. The molecule has 0 aromatic rings. The molecule has 0 atom stereocenters. The lowest BCUT2D eigenvalue weighted by Gasteiger charge is -2.06. The van der Waals surface area contributed by atoms with Gasteiger partial charge in [0.1, 0.15) is 0 Å². The molecule has 0 bridgehead atoms. The van der Waals surface area contributed by atoms with E-state index < -0.39 is 0 Å². The Bertz CT molecular complexity index is 174. The summed E-state index contributed by atoms with van der Waals surface area (Å²) in [6.07, 6.45) is 3.99. The van der Waals surface area contributed by atoms with Crippen molar-refractivity contribution < 1.29 is 4.79 Å². The molecule has 0 spiro atoms. The van der Waals surface area contributed by atoms with Gasteiger partial charge in [-0.25, -0.2) is 10.9 Å². The first-order valence-electron chi connectivity index (χ1n) is 3.14. The fraction of sp³-hybridized carbons (Fsp3) is 0.286. The highest BCUT2D eigenvalue weighted by Crippen LogP contribution is 2.31. The van der Waals surface area contributed by atoms with Crippen molar-refractivity contribution >= 4 is 16.8 Å². The first kappa shape index (κ1) is 7.41. The predicted octanol–water partition coefficient (Wildman–Crippen LogP) is 0.775. The molecule has 1 heterocycles. The summed E-state index contributed by atoms with van der Waals surface area (Å²) in [6.45, 7) is 0. The fourth-order valence-electron chi connectivity index (χ4n) is 0.720. The molecule has 0 saturated carbocycles. The first-order chi connectivity index (χ1) is 4.83. The Balaban J connectivity index is 2.32. The van der Waals surface area contributed by atoms with Gasteiger partial charge in [0.2, 0.25) is 5.91 Å². The van der Waals surface area contributed by atoms with E-state index in [4.69, 9.17) is 0 Å². The number of thiol groups is 1. The molecule has 3 heteroatoms. The van der Waals surface area contributed by atoms with Crippen LogP contribution in [0.15, 0.2) is 23.0 Å². The van der Waals surface area contributed by atoms with Crippen LogP contribution >= 0.6 is 10.9 Å². The zero-order valence-electron chi connectivity index (χ0n) is 5.87. The zero-order chi connectivity index (χ0) is 7.40. The number of carbonyl (C=O) groups excluding carboxylic acids is 1. The lowest BCUT2D eigenvalue weighted by atomic mass is 10.6. The smallest absolute Gasteiger partial charge is 0.228 e. The average molecular weight is 157 g/mol. The molecule has 0 saturated heterocycles. The summed E-state index contributed by atoms with van der Waals surface area (Å²) >= 11 is 0. The number of amides is 1. The maximum atomic E-state index is 10.8. The summed E-state index contributed by atoms with van der Waals surface area (Å²) in [6, 6.07) is 0. The van der Waals surface area contributed by atoms with E-state index in [0.29, 0.717) is 5.75 Å². The van der Waals surface area contributed by atoms with Gasteiger partial charge in [0.05, 0.1) is 5.75 Å². The van der Waals surface area contributed by atoms with Crippen LogP contribution in [-0.4, -0.2) is 18.7 Å². The van der Waals surface area contributed by atoms with Crippen LogP contribution in [0.3, 0.4) is 0 Å². The highest BCUT2D eigenvalue weighted by Gasteiger charge is 2.03. The van der Waals surface area contributed by atoms with E-state index in [1.807, 2.05) is 12.2 Å². The molecule has 2 nitrogen and oxygen atoms in total. The largest absolute Gasteiger partial charge is 0.358 e. The molecule has 10 heavy (non-hydrogen) atoms. The van der Waals surface area contributed by atoms with E-state index in [2.05, 4.69) is 16.1 Å². The standard InChI is InChI=1S/C7H11NOS/c1-8-7(9)6-10-4-2-3-5-10/h2-5,10H,6H2,1H3,(H,8,9). The van der Waals surface area contributed by atoms with E-state index in [0.717, 1.165) is 0 Å². The zero-order valence-corrected chi connectivity index (χ0v) is 6.77. The Labute approximate surface area is 63.3 Å². The summed E-state index contributed by atoms with van der Waals surface area (Å²) in [7, 11) is 1.40. The van der Waals surface area contributed by atoms with E-state index in [1.165, 1.54) is 0 Å². The summed E-state index contributed by atoms with van der Waals surface area (Å²) < 4.78 is 0. The van der Waals surface area contributed by atoms with Crippen LogP contribution in [-0.2, 0) is 4.79 Å². The van der Waals surface area contributed by atoms with Crippen LogP contribution in [0.25, 0.3) is 0 Å². The minimum atomic E-state index is -0.264. The fourth-order valence-corrected chi connectivity index (χ4v) is 2.16. The second-order valence-electron chi connectivity index (χ2n) is 2.03. The molecule has 0 aliphatic carbocycles. The third kappa shape index (κ3) is 1.92. The highest BCUT2D eigenvalue weighted by atomic mass is 32.2. The summed E-state index contributed by atoms with van der Waals surface area (Å²) in [5.74, 6) is 0.765. The average Bonchev–Trinajstić information content (AvgIpc) is 2.40. The Morgan fingerprint density at radius 1 is 1.50 bits per heavy atom. The van der Waals surface area contributed by atoms with Crippen LogP contribution in [0.5, 0.6) is 0 Å². The van der Waals surface area contributed by atoms with E-state index >= 15 is 0 Å². The molecular formula is C7H11NOS. The van der Waals surface area contributed by atoms with Crippen LogP contribution in [0.2, 0.25) is 0 Å². The van der Waals surface area contributed by atoms with Gasteiger partial charge in [0, 0.05) is 7.05 Å². The molecule has 56 valence electrons. The van der Waals surface area contributed by atoms with Crippen molar-refractivity contribution in [2.45, 2.75) is 0 Å². The van der Waals surface area contributed by atoms with Gasteiger partial charge in [-0.05, 0) is 10.8 Å². The molecule has 0 aromatic carbocycles. The van der Waals surface area contributed by atoms with E-state index in [-0.39, 0.29) is 16.8 Å². The van der Waals surface area contributed by atoms with Crippen LogP contribution < -0.4 is 5.32 Å². The van der Waals surface area contributed by atoms with Gasteiger partial charge in [-0.2, -0.15) is 0 Å².